The largest absolute Gasteiger partial charge is 0.355 e. The lowest BCUT2D eigenvalue weighted by Crippen LogP contribution is -2.40. The highest BCUT2D eigenvalue weighted by Crippen LogP contribution is 2.29. The zero-order chi connectivity index (χ0) is 15.0. The highest BCUT2D eigenvalue weighted by molar-refractivity contribution is 8.00. The van der Waals surface area contributed by atoms with Gasteiger partial charge in [-0.3, -0.25) is 4.79 Å². The monoisotopic (exact) mass is 294 g/mol. The van der Waals surface area contributed by atoms with Crippen molar-refractivity contribution in [1.82, 2.24) is 5.32 Å². The van der Waals surface area contributed by atoms with Gasteiger partial charge in [0.15, 0.2) is 0 Å². The first-order chi connectivity index (χ1) is 9.56. The van der Waals surface area contributed by atoms with Gasteiger partial charge in [-0.05, 0) is 24.7 Å². The van der Waals surface area contributed by atoms with Crippen molar-refractivity contribution in [3.63, 3.8) is 0 Å². The van der Waals surface area contributed by atoms with Crippen molar-refractivity contribution in [2.75, 3.05) is 12.8 Å². The van der Waals surface area contributed by atoms with Crippen LogP contribution in [-0.4, -0.2) is 23.5 Å². The zero-order valence-electron chi connectivity index (χ0n) is 12.7. The number of carbonyl (C=O) groups excluding carboxylic acids is 1. The molecule has 3 nitrogen and oxygen atoms in total. The van der Waals surface area contributed by atoms with Crippen LogP contribution in [0.2, 0.25) is 0 Å². The smallest absolute Gasteiger partial charge is 0.221 e. The lowest BCUT2D eigenvalue weighted by Gasteiger charge is -2.30. The summed E-state index contributed by atoms with van der Waals surface area (Å²) in [6.45, 7) is 5.05. The van der Waals surface area contributed by atoms with Crippen LogP contribution in [0.4, 0.5) is 0 Å². The Labute approximate surface area is 126 Å². The van der Waals surface area contributed by atoms with Gasteiger partial charge in [0, 0.05) is 23.8 Å². The number of amides is 1. The third-order valence-electron chi connectivity index (χ3n) is 3.96. The molecule has 0 bridgehead atoms. The first-order valence-corrected chi connectivity index (χ1v) is 8.41. The number of benzene rings is 1. The van der Waals surface area contributed by atoms with Crippen LogP contribution < -0.4 is 11.1 Å². The second-order valence-electron chi connectivity index (χ2n) is 5.09. The fourth-order valence-electron chi connectivity index (χ4n) is 2.21. The second-order valence-corrected chi connectivity index (χ2v) is 6.37. The minimum absolute atomic E-state index is 0.0293. The van der Waals surface area contributed by atoms with E-state index in [1.165, 1.54) is 0 Å². The minimum Gasteiger partial charge on any atom is -0.355 e. The molecule has 0 aliphatic carbocycles. The van der Waals surface area contributed by atoms with Gasteiger partial charge in [0.2, 0.25) is 5.91 Å². The van der Waals surface area contributed by atoms with Crippen LogP contribution in [0.1, 0.15) is 44.7 Å². The molecule has 1 atom stereocenters. The van der Waals surface area contributed by atoms with Gasteiger partial charge in [0.1, 0.15) is 0 Å². The Bertz CT molecular complexity index is 396. The summed E-state index contributed by atoms with van der Waals surface area (Å²) >= 11 is 1.83. The summed E-state index contributed by atoms with van der Waals surface area (Å²) in [6.07, 6.45) is 4.54. The Balaban J connectivity index is 2.48. The van der Waals surface area contributed by atoms with E-state index in [-0.39, 0.29) is 16.7 Å². The quantitative estimate of drug-likeness (QED) is 0.774. The van der Waals surface area contributed by atoms with Crippen LogP contribution in [0, 0.1) is 0 Å². The van der Waals surface area contributed by atoms with Crippen molar-refractivity contribution in [2.45, 2.75) is 43.9 Å². The highest BCUT2D eigenvalue weighted by atomic mass is 32.2. The molecule has 0 aliphatic rings. The Hall–Kier alpha value is -1.00. The number of thioether (sulfide) groups is 1. The maximum absolute atomic E-state index is 12.0. The molecular formula is C16H26N2OS. The standard InChI is InChI=1S/C16H26N2OS/c1-4-16(5-2,20-3)12-18-15(19)11-14(17)13-9-7-6-8-10-13/h6-10,14H,4-5,11-12,17H2,1-3H3,(H,18,19). The van der Waals surface area contributed by atoms with Crippen molar-refractivity contribution < 1.29 is 4.79 Å². The molecule has 1 aromatic rings. The van der Waals surface area contributed by atoms with Crippen LogP contribution in [0.5, 0.6) is 0 Å². The van der Waals surface area contributed by atoms with Crippen LogP contribution in [0.15, 0.2) is 30.3 Å². The van der Waals surface area contributed by atoms with Crippen LogP contribution in [0.3, 0.4) is 0 Å². The van der Waals surface area contributed by atoms with Crippen LogP contribution >= 0.6 is 11.8 Å². The molecular weight excluding hydrogens is 268 g/mol. The van der Waals surface area contributed by atoms with Crippen molar-refractivity contribution in [1.29, 1.82) is 0 Å². The Kier molecular flexibility index (Phi) is 7.10. The van der Waals surface area contributed by atoms with E-state index in [0.29, 0.717) is 13.0 Å². The van der Waals surface area contributed by atoms with E-state index < -0.39 is 0 Å². The summed E-state index contributed by atoms with van der Waals surface area (Å²) in [4.78, 5) is 12.0. The molecule has 1 rings (SSSR count). The first kappa shape index (κ1) is 17.1. The molecule has 0 saturated heterocycles. The predicted octanol–water partition coefficient (Wildman–Crippen LogP) is 3.11. The van der Waals surface area contributed by atoms with E-state index >= 15 is 0 Å². The summed E-state index contributed by atoms with van der Waals surface area (Å²) in [5.74, 6) is 0.0293. The molecule has 1 amide bonds. The lowest BCUT2D eigenvalue weighted by atomic mass is 10.0. The molecule has 4 heteroatoms. The number of hydrogen-bond donors (Lipinski definition) is 2. The summed E-state index contributed by atoms with van der Waals surface area (Å²) < 4.78 is 0.145. The van der Waals surface area contributed by atoms with Gasteiger partial charge in [0.05, 0.1) is 0 Å². The van der Waals surface area contributed by atoms with Gasteiger partial charge in [-0.15, -0.1) is 0 Å². The van der Waals surface area contributed by atoms with Crippen molar-refractivity contribution >= 4 is 17.7 Å². The molecule has 0 spiro atoms. The molecule has 1 aromatic carbocycles. The van der Waals surface area contributed by atoms with Gasteiger partial charge in [-0.25, -0.2) is 0 Å². The average molecular weight is 294 g/mol. The molecule has 112 valence electrons. The summed E-state index contributed by atoms with van der Waals surface area (Å²) in [5, 5.41) is 3.04. The molecule has 0 fully saturated rings. The van der Waals surface area contributed by atoms with E-state index in [1.54, 1.807) is 0 Å². The number of rotatable bonds is 8. The third-order valence-corrected chi connectivity index (χ3v) is 5.55. The topological polar surface area (TPSA) is 55.1 Å². The second kappa shape index (κ2) is 8.32. The highest BCUT2D eigenvalue weighted by Gasteiger charge is 2.25. The maximum atomic E-state index is 12.0. The number of hydrogen-bond acceptors (Lipinski definition) is 3. The van der Waals surface area contributed by atoms with Gasteiger partial charge in [-0.2, -0.15) is 11.8 Å². The van der Waals surface area contributed by atoms with Crippen LogP contribution in [0.25, 0.3) is 0 Å². The third kappa shape index (κ3) is 4.84. The molecule has 0 radical (unpaired) electrons. The van der Waals surface area contributed by atoms with Crippen molar-refractivity contribution in [2.24, 2.45) is 5.73 Å². The van der Waals surface area contributed by atoms with E-state index in [2.05, 4.69) is 25.4 Å². The normalized spacial score (nSPS) is 13.0. The summed E-state index contributed by atoms with van der Waals surface area (Å²) in [6, 6.07) is 9.53. The SMILES string of the molecule is CCC(CC)(CNC(=O)CC(N)c1ccccc1)SC. The molecule has 0 aliphatic heterocycles. The van der Waals surface area contributed by atoms with E-state index in [9.17, 15) is 4.79 Å². The number of carbonyl (C=O) groups is 1. The van der Waals surface area contributed by atoms with Gasteiger partial charge in [0.25, 0.3) is 0 Å². The molecule has 3 N–H and O–H groups in total. The molecule has 0 heterocycles. The Morgan fingerprint density at radius 2 is 1.90 bits per heavy atom. The van der Waals surface area contributed by atoms with Gasteiger partial charge in [-0.1, -0.05) is 44.2 Å². The Morgan fingerprint density at radius 1 is 1.30 bits per heavy atom. The molecule has 20 heavy (non-hydrogen) atoms. The zero-order valence-corrected chi connectivity index (χ0v) is 13.5. The minimum atomic E-state index is -0.233. The van der Waals surface area contributed by atoms with Crippen LogP contribution in [-0.2, 0) is 4.79 Å². The maximum Gasteiger partial charge on any atom is 0.221 e. The molecule has 0 aromatic heterocycles. The van der Waals surface area contributed by atoms with Gasteiger partial charge >= 0.3 is 0 Å². The number of nitrogens with two attached hydrogens (primary N) is 1. The first-order valence-electron chi connectivity index (χ1n) is 7.19. The molecule has 1 unspecified atom stereocenters. The van der Waals surface area contributed by atoms with E-state index in [4.69, 9.17) is 5.73 Å². The molecule has 0 saturated carbocycles. The fourth-order valence-corrected chi connectivity index (χ4v) is 3.00. The van der Waals surface area contributed by atoms with Crippen molar-refractivity contribution in [3.8, 4) is 0 Å². The average Bonchev–Trinajstić information content (AvgIpc) is 2.50. The number of nitrogens with one attached hydrogen (secondary N) is 1. The Morgan fingerprint density at radius 3 is 2.40 bits per heavy atom. The van der Waals surface area contributed by atoms with Crippen molar-refractivity contribution in [3.05, 3.63) is 35.9 Å². The summed E-state index contributed by atoms with van der Waals surface area (Å²) in [7, 11) is 0. The fraction of sp³-hybridized carbons (Fsp3) is 0.562. The predicted molar refractivity (Wildman–Crippen MR) is 87.8 cm³/mol. The van der Waals surface area contributed by atoms with E-state index in [1.807, 2.05) is 42.1 Å². The van der Waals surface area contributed by atoms with E-state index in [0.717, 1.165) is 18.4 Å². The summed E-state index contributed by atoms with van der Waals surface area (Å²) in [5.41, 5.74) is 7.07. The lowest BCUT2D eigenvalue weighted by molar-refractivity contribution is -0.121. The van der Waals surface area contributed by atoms with Gasteiger partial charge < -0.3 is 11.1 Å².